The number of carbonyl (C=O) groups excluding carboxylic acids is 1. The molecule has 1 aliphatic heterocycles. The van der Waals surface area contributed by atoms with Crippen molar-refractivity contribution >= 4 is 23.0 Å². The van der Waals surface area contributed by atoms with E-state index in [1.807, 2.05) is 50.4 Å². The lowest BCUT2D eigenvalue weighted by Gasteiger charge is -2.28. The SMILES string of the molecule is CC(C)(C)C(=O)N1N=C(c2cccs2)C[C@H]1c1ccccc1. The summed E-state index contributed by atoms with van der Waals surface area (Å²) < 4.78 is 0. The normalized spacial score (nSPS) is 18.4. The van der Waals surface area contributed by atoms with Gasteiger partial charge in [-0.2, -0.15) is 5.10 Å². The second-order valence-electron chi connectivity index (χ2n) is 6.55. The van der Waals surface area contributed by atoms with Gasteiger partial charge in [0.2, 0.25) is 5.91 Å². The Hall–Kier alpha value is -1.94. The van der Waals surface area contributed by atoms with Crippen LogP contribution in [0.4, 0.5) is 0 Å². The van der Waals surface area contributed by atoms with Crippen LogP contribution in [0.1, 0.15) is 43.7 Å². The zero-order valence-corrected chi connectivity index (χ0v) is 13.9. The standard InChI is InChI=1S/C18H20N2OS/c1-18(2,3)17(21)20-15(13-8-5-4-6-9-13)12-14(19-20)16-10-7-11-22-16/h4-11,15H,12H2,1-3H3/t15-/m0/s1. The van der Waals surface area contributed by atoms with Crippen molar-refractivity contribution in [1.29, 1.82) is 0 Å². The molecule has 0 saturated heterocycles. The van der Waals surface area contributed by atoms with E-state index in [9.17, 15) is 4.79 Å². The van der Waals surface area contributed by atoms with Crippen molar-refractivity contribution in [3.05, 3.63) is 58.3 Å². The van der Waals surface area contributed by atoms with Gasteiger partial charge in [-0.1, -0.05) is 57.2 Å². The molecule has 1 aliphatic rings. The first kappa shape index (κ1) is 15.0. The highest BCUT2D eigenvalue weighted by atomic mass is 32.1. The van der Waals surface area contributed by atoms with E-state index in [0.717, 1.165) is 22.6 Å². The number of rotatable bonds is 2. The molecule has 1 aromatic heterocycles. The Bertz CT molecular complexity index is 684. The second kappa shape index (κ2) is 5.69. The smallest absolute Gasteiger partial charge is 0.248 e. The highest BCUT2D eigenvalue weighted by Crippen LogP contribution is 2.36. The minimum Gasteiger partial charge on any atom is -0.272 e. The van der Waals surface area contributed by atoms with Crippen molar-refractivity contribution in [3.63, 3.8) is 0 Å². The summed E-state index contributed by atoms with van der Waals surface area (Å²) >= 11 is 1.67. The molecule has 0 N–H and O–H groups in total. The van der Waals surface area contributed by atoms with Crippen molar-refractivity contribution in [2.75, 3.05) is 0 Å². The Balaban J connectivity index is 1.98. The highest BCUT2D eigenvalue weighted by Gasteiger charge is 2.37. The molecule has 114 valence electrons. The quantitative estimate of drug-likeness (QED) is 0.805. The van der Waals surface area contributed by atoms with Crippen LogP contribution < -0.4 is 0 Å². The van der Waals surface area contributed by atoms with Gasteiger partial charge in [0.15, 0.2) is 0 Å². The van der Waals surface area contributed by atoms with E-state index in [2.05, 4.69) is 23.3 Å². The van der Waals surface area contributed by atoms with Crippen LogP contribution in [-0.4, -0.2) is 16.6 Å². The van der Waals surface area contributed by atoms with Gasteiger partial charge in [0.1, 0.15) is 0 Å². The van der Waals surface area contributed by atoms with Crippen LogP contribution in [0, 0.1) is 5.41 Å². The second-order valence-corrected chi connectivity index (χ2v) is 7.50. The van der Waals surface area contributed by atoms with E-state index in [1.54, 1.807) is 16.3 Å². The molecule has 1 atom stereocenters. The van der Waals surface area contributed by atoms with Crippen molar-refractivity contribution in [2.24, 2.45) is 10.5 Å². The number of hydrogen-bond donors (Lipinski definition) is 0. The number of thiophene rings is 1. The van der Waals surface area contributed by atoms with Crippen LogP contribution >= 0.6 is 11.3 Å². The van der Waals surface area contributed by atoms with E-state index in [-0.39, 0.29) is 11.9 Å². The van der Waals surface area contributed by atoms with Gasteiger partial charge in [-0.25, -0.2) is 5.01 Å². The maximum atomic E-state index is 12.8. The van der Waals surface area contributed by atoms with Crippen molar-refractivity contribution in [2.45, 2.75) is 33.2 Å². The molecule has 4 heteroatoms. The first-order valence-electron chi connectivity index (χ1n) is 7.47. The van der Waals surface area contributed by atoms with E-state index in [0.29, 0.717) is 0 Å². The van der Waals surface area contributed by atoms with Gasteiger partial charge in [-0.05, 0) is 17.0 Å². The van der Waals surface area contributed by atoms with Crippen LogP contribution in [-0.2, 0) is 4.79 Å². The number of nitrogens with zero attached hydrogens (tertiary/aromatic N) is 2. The highest BCUT2D eigenvalue weighted by molar-refractivity contribution is 7.12. The lowest BCUT2D eigenvalue weighted by atomic mass is 9.93. The van der Waals surface area contributed by atoms with E-state index in [1.165, 1.54) is 0 Å². The summed E-state index contributed by atoms with van der Waals surface area (Å²) in [7, 11) is 0. The van der Waals surface area contributed by atoms with Gasteiger partial charge < -0.3 is 0 Å². The Morgan fingerprint density at radius 2 is 1.91 bits per heavy atom. The van der Waals surface area contributed by atoms with Gasteiger partial charge in [0, 0.05) is 11.8 Å². The summed E-state index contributed by atoms with van der Waals surface area (Å²) in [6, 6.07) is 14.2. The summed E-state index contributed by atoms with van der Waals surface area (Å²) in [5.74, 6) is 0.0629. The summed E-state index contributed by atoms with van der Waals surface area (Å²) in [5, 5.41) is 8.40. The molecular formula is C18H20N2OS. The molecule has 2 aromatic rings. The molecular weight excluding hydrogens is 292 g/mol. The lowest BCUT2D eigenvalue weighted by Crippen LogP contribution is -2.36. The van der Waals surface area contributed by atoms with Crippen molar-refractivity contribution in [1.82, 2.24) is 5.01 Å². The summed E-state index contributed by atoms with van der Waals surface area (Å²) in [6.45, 7) is 5.82. The number of amides is 1. The van der Waals surface area contributed by atoms with Crippen LogP contribution in [0.3, 0.4) is 0 Å². The van der Waals surface area contributed by atoms with Crippen LogP contribution in [0.5, 0.6) is 0 Å². The van der Waals surface area contributed by atoms with Gasteiger partial charge in [0.05, 0.1) is 16.6 Å². The molecule has 0 saturated carbocycles. The average Bonchev–Trinajstić information content (AvgIpc) is 3.15. The molecule has 3 rings (SSSR count). The Kier molecular flexibility index (Phi) is 3.87. The van der Waals surface area contributed by atoms with E-state index >= 15 is 0 Å². The number of hydrogen-bond acceptors (Lipinski definition) is 3. The van der Waals surface area contributed by atoms with E-state index in [4.69, 9.17) is 0 Å². The predicted octanol–water partition coefficient (Wildman–Crippen LogP) is 4.47. The third-order valence-corrected chi connectivity index (χ3v) is 4.67. The predicted molar refractivity (Wildman–Crippen MR) is 91.0 cm³/mol. The first-order chi connectivity index (χ1) is 10.5. The van der Waals surface area contributed by atoms with Crippen LogP contribution in [0.15, 0.2) is 52.9 Å². The maximum absolute atomic E-state index is 12.8. The average molecular weight is 312 g/mol. The molecule has 0 unspecified atom stereocenters. The van der Waals surface area contributed by atoms with E-state index < -0.39 is 5.41 Å². The molecule has 0 spiro atoms. The summed E-state index contributed by atoms with van der Waals surface area (Å²) in [5.41, 5.74) is 1.69. The van der Waals surface area contributed by atoms with Gasteiger partial charge in [0.25, 0.3) is 0 Å². The molecule has 0 fully saturated rings. The number of hydrazone groups is 1. The van der Waals surface area contributed by atoms with Gasteiger partial charge >= 0.3 is 0 Å². The first-order valence-corrected chi connectivity index (χ1v) is 8.35. The van der Waals surface area contributed by atoms with Crippen LogP contribution in [0.2, 0.25) is 0 Å². The van der Waals surface area contributed by atoms with Gasteiger partial charge in [-0.15, -0.1) is 11.3 Å². The third kappa shape index (κ3) is 2.83. The summed E-state index contributed by atoms with van der Waals surface area (Å²) in [6.07, 6.45) is 0.770. The topological polar surface area (TPSA) is 32.7 Å². The van der Waals surface area contributed by atoms with Crippen molar-refractivity contribution < 1.29 is 4.79 Å². The minimum absolute atomic E-state index is 0.00924. The zero-order valence-electron chi connectivity index (χ0n) is 13.1. The van der Waals surface area contributed by atoms with Crippen molar-refractivity contribution in [3.8, 4) is 0 Å². The summed E-state index contributed by atoms with van der Waals surface area (Å²) in [4.78, 5) is 13.9. The molecule has 1 amide bonds. The minimum atomic E-state index is -0.443. The lowest BCUT2D eigenvalue weighted by molar-refractivity contribution is -0.141. The number of benzene rings is 1. The molecule has 1 aromatic carbocycles. The molecule has 0 bridgehead atoms. The number of carbonyl (C=O) groups is 1. The Morgan fingerprint density at radius 1 is 1.18 bits per heavy atom. The maximum Gasteiger partial charge on any atom is 0.248 e. The largest absolute Gasteiger partial charge is 0.272 e. The fourth-order valence-electron chi connectivity index (χ4n) is 2.57. The molecule has 22 heavy (non-hydrogen) atoms. The molecule has 2 heterocycles. The molecule has 0 radical (unpaired) electrons. The van der Waals surface area contributed by atoms with Gasteiger partial charge in [-0.3, -0.25) is 4.79 Å². The Morgan fingerprint density at radius 3 is 2.50 bits per heavy atom. The van der Waals surface area contributed by atoms with Crippen LogP contribution in [0.25, 0.3) is 0 Å². The molecule has 3 nitrogen and oxygen atoms in total. The Labute approximate surface area is 135 Å². The monoisotopic (exact) mass is 312 g/mol. The third-order valence-electron chi connectivity index (χ3n) is 3.75. The zero-order chi connectivity index (χ0) is 15.7. The fourth-order valence-corrected chi connectivity index (χ4v) is 3.29. The molecule has 0 aliphatic carbocycles. The fraction of sp³-hybridized carbons (Fsp3) is 0.333.